The lowest BCUT2D eigenvalue weighted by Gasteiger charge is -2.33. The lowest BCUT2D eigenvalue weighted by Crippen LogP contribution is -2.41. The van der Waals surface area contributed by atoms with E-state index in [0.717, 1.165) is 27.9 Å². The van der Waals surface area contributed by atoms with Gasteiger partial charge in [0.2, 0.25) is 17.8 Å². The molecule has 0 aliphatic carbocycles. The fourth-order valence-electron chi connectivity index (χ4n) is 4.01. The van der Waals surface area contributed by atoms with E-state index in [1.165, 1.54) is 0 Å². The molecule has 4 rings (SSSR count). The molecular weight excluding hydrogens is 485 g/mol. The van der Waals surface area contributed by atoms with Gasteiger partial charge in [-0.25, -0.2) is 14.6 Å². The van der Waals surface area contributed by atoms with E-state index in [1.54, 1.807) is 28.1 Å². The van der Waals surface area contributed by atoms with Crippen LogP contribution in [-0.2, 0) is 17.5 Å². The van der Waals surface area contributed by atoms with Crippen LogP contribution in [0, 0.1) is 0 Å². The van der Waals surface area contributed by atoms with Crippen LogP contribution in [0.15, 0.2) is 30.5 Å². The molecule has 1 fully saturated rings. The smallest absolute Gasteiger partial charge is 0.368 e. The number of hydrogen-bond donors (Lipinski definition) is 1. The summed E-state index contributed by atoms with van der Waals surface area (Å²) in [5.74, 6) is -1.79. The van der Waals surface area contributed by atoms with Gasteiger partial charge >= 0.3 is 6.18 Å². The fourth-order valence-corrected chi connectivity index (χ4v) is 4.14. The number of hydrogen-bond acceptors (Lipinski definition) is 7. The molecule has 0 unspecified atom stereocenters. The molecule has 35 heavy (non-hydrogen) atoms. The van der Waals surface area contributed by atoms with Crippen LogP contribution in [0.4, 0.5) is 25.1 Å². The number of anilines is 2. The van der Waals surface area contributed by atoms with Gasteiger partial charge in [0.05, 0.1) is 5.69 Å². The van der Waals surface area contributed by atoms with E-state index in [2.05, 4.69) is 15.1 Å². The van der Waals surface area contributed by atoms with Crippen LogP contribution < -0.4 is 10.6 Å². The van der Waals surface area contributed by atoms with Crippen molar-refractivity contribution in [3.05, 3.63) is 47.0 Å². The van der Waals surface area contributed by atoms with Gasteiger partial charge in [-0.1, -0.05) is 23.7 Å². The molecule has 1 aliphatic heterocycles. The first kappa shape index (κ1) is 24.7. The highest BCUT2D eigenvalue weighted by atomic mass is 35.5. The fraction of sp³-hybridized carbons (Fsp3) is 0.409. The maximum Gasteiger partial charge on any atom is 0.453 e. The number of nitrogen functional groups attached to an aromatic ring is 1. The number of aromatic nitrogens is 5. The number of amides is 1. The zero-order valence-corrected chi connectivity index (χ0v) is 19.9. The lowest BCUT2D eigenvalue weighted by molar-refractivity contribution is -0.145. The lowest BCUT2D eigenvalue weighted by atomic mass is 9.90. The van der Waals surface area contributed by atoms with Crippen molar-refractivity contribution in [1.82, 2.24) is 29.6 Å². The van der Waals surface area contributed by atoms with Crippen LogP contribution in [-0.4, -0.2) is 62.7 Å². The summed E-state index contributed by atoms with van der Waals surface area (Å²) in [5, 5.41) is 3.96. The molecule has 1 aromatic carbocycles. The molecule has 1 aliphatic rings. The van der Waals surface area contributed by atoms with Crippen molar-refractivity contribution in [2.45, 2.75) is 31.5 Å². The molecule has 0 saturated carbocycles. The van der Waals surface area contributed by atoms with Crippen molar-refractivity contribution in [2.75, 3.05) is 37.8 Å². The highest BCUT2D eigenvalue weighted by Crippen LogP contribution is 2.34. The third kappa shape index (κ3) is 5.47. The van der Waals surface area contributed by atoms with Crippen LogP contribution in [0.3, 0.4) is 0 Å². The summed E-state index contributed by atoms with van der Waals surface area (Å²) in [7, 11) is 3.69. The Morgan fingerprint density at radius 3 is 2.57 bits per heavy atom. The molecule has 1 amide bonds. The zero-order valence-electron chi connectivity index (χ0n) is 19.1. The maximum atomic E-state index is 13.0. The van der Waals surface area contributed by atoms with Crippen LogP contribution >= 0.6 is 11.6 Å². The number of nitrogens with zero attached hydrogens (tertiary/aromatic N) is 7. The highest BCUT2D eigenvalue weighted by Gasteiger charge is 2.37. The summed E-state index contributed by atoms with van der Waals surface area (Å²) in [6, 6.07) is 7.35. The Kier molecular flexibility index (Phi) is 6.84. The van der Waals surface area contributed by atoms with Gasteiger partial charge in [-0.3, -0.25) is 4.79 Å². The Balaban J connectivity index is 1.59. The molecule has 186 valence electrons. The number of nitrogens with two attached hydrogens (primary N) is 1. The summed E-state index contributed by atoms with van der Waals surface area (Å²) >= 11 is 6.05. The first-order valence-electron chi connectivity index (χ1n) is 10.9. The summed E-state index contributed by atoms with van der Waals surface area (Å²) in [4.78, 5) is 28.8. The standard InChI is InChI=1S/C22H24ClF3N8O/c1-32(2)21-28-10-16(13-5-7-15(23)8-6-13)18(29-21)14-4-3-9-33(11-14)17(35)12-34-20(27)30-19(31-34)22(24,25)26/h5-8,10,14H,3-4,9,11-12H2,1-2H3,(H2,27,30,31)/t14-/m0/s1. The second-order valence-corrected chi connectivity index (χ2v) is 8.93. The minimum absolute atomic E-state index is 0.0982. The monoisotopic (exact) mass is 508 g/mol. The van der Waals surface area contributed by atoms with E-state index in [-0.39, 0.29) is 5.92 Å². The summed E-state index contributed by atoms with van der Waals surface area (Å²) in [5.41, 5.74) is 8.09. The Bertz CT molecular complexity index is 1210. The number of alkyl halides is 3. The largest absolute Gasteiger partial charge is 0.453 e. The van der Waals surface area contributed by atoms with Crippen molar-refractivity contribution in [2.24, 2.45) is 0 Å². The Labute approximate surface area is 204 Å². The van der Waals surface area contributed by atoms with Gasteiger partial charge in [-0.05, 0) is 30.5 Å². The van der Waals surface area contributed by atoms with E-state index in [0.29, 0.717) is 30.5 Å². The topological polar surface area (TPSA) is 106 Å². The van der Waals surface area contributed by atoms with Gasteiger partial charge in [-0.2, -0.15) is 18.2 Å². The number of likely N-dealkylation sites (tertiary alicyclic amines) is 1. The highest BCUT2D eigenvalue weighted by molar-refractivity contribution is 6.30. The molecule has 3 aromatic rings. The maximum absolute atomic E-state index is 13.0. The molecule has 9 nitrogen and oxygen atoms in total. The average molecular weight is 509 g/mol. The molecule has 13 heteroatoms. The van der Waals surface area contributed by atoms with Gasteiger partial charge in [-0.15, -0.1) is 5.10 Å². The Hall–Kier alpha value is -3.41. The number of piperidine rings is 1. The van der Waals surface area contributed by atoms with Crippen molar-refractivity contribution in [3.8, 4) is 11.1 Å². The summed E-state index contributed by atoms with van der Waals surface area (Å²) < 4.78 is 39.4. The zero-order chi connectivity index (χ0) is 25.3. The van der Waals surface area contributed by atoms with E-state index < -0.39 is 30.4 Å². The van der Waals surface area contributed by atoms with Crippen molar-refractivity contribution < 1.29 is 18.0 Å². The average Bonchev–Trinajstić information content (AvgIpc) is 3.20. The Morgan fingerprint density at radius 2 is 1.94 bits per heavy atom. The number of benzene rings is 1. The van der Waals surface area contributed by atoms with Crippen molar-refractivity contribution in [1.29, 1.82) is 0 Å². The van der Waals surface area contributed by atoms with Crippen LogP contribution in [0.2, 0.25) is 5.02 Å². The number of halogens is 4. The van der Waals surface area contributed by atoms with Crippen LogP contribution in [0.25, 0.3) is 11.1 Å². The molecule has 0 radical (unpaired) electrons. The van der Waals surface area contributed by atoms with Crippen LogP contribution in [0.1, 0.15) is 30.3 Å². The molecule has 0 bridgehead atoms. The molecule has 1 saturated heterocycles. The van der Waals surface area contributed by atoms with Crippen LogP contribution in [0.5, 0.6) is 0 Å². The number of carbonyl (C=O) groups excluding carboxylic acids is 1. The predicted octanol–water partition coefficient (Wildman–Crippen LogP) is 3.46. The van der Waals surface area contributed by atoms with Crippen molar-refractivity contribution in [3.63, 3.8) is 0 Å². The summed E-state index contributed by atoms with van der Waals surface area (Å²) in [6.45, 7) is 0.389. The van der Waals surface area contributed by atoms with Crippen molar-refractivity contribution >= 4 is 29.4 Å². The summed E-state index contributed by atoms with van der Waals surface area (Å²) in [6.07, 6.45) is -1.49. The van der Waals surface area contributed by atoms with E-state index in [4.69, 9.17) is 22.3 Å². The first-order chi connectivity index (χ1) is 16.5. The van der Waals surface area contributed by atoms with Gasteiger partial charge in [0, 0.05) is 49.9 Å². The number of rotatable bonds is 5. The van der Waals surface area contributed by atoms with Gasteiger partial charge < -0.3 is 15.5 Å². The molecule has 2 N–H and O–H groups in total. The minimum atomic E-state index is -4.74. The van der Waals surface area contributed by atoms with Gasteiger partial charge in [0.25, 0.3) is 5.82 Å². The molecule has 2 aromatic heterocycles. The first-order valence-corrected chi connectivity index (χ1v) is 11.3. The van der Waals surface area contributed by atoms with E-state index in [9.17, 15) is 18.0 Å². The molecular formula is C22H24ClF3N8O. The Morgan fingerprint density at radius 1 is 1.23 bits per heavy atom. The van der Waals surface area contributed by atoms with E-state index in [1.807, 2.05) is 26.2 Å². The second kappa shape index (κ2) is 9.68. The van der Waals surface area contributed by atoms with Gasteiger partial charge in [0.1, 0.15) is 6.54 Å². The quantitative estimate of drug-likeness (QED) is 0.562. The van der Waals surface area contributed by atoms with E-state index >= 15 is 0 Å². The third-order valence-electron chi connectivity index (χ3n) is 5.76. The normalized spacial score (nSPS) is 16.4. The molecule has 0 spiro atoms. The van der Waals surface area contributed by atoms with Gasteiger partial charge in [0.15, 0.2) is 0 Å². The number of carbonyl (C=O) groups is 1. The molecule has 1 atom stereocenters. The molecule has 3 heterocycles. The predicted molar refractivity (Wildman–Crippen MR) is 125 cm³/mol. The third-order valence-corrected chi connectivity index (χ3v) is 6.01. The second-order valence-electron chi connectivity index (χ2n) is 8.50. The SMILES string of the molecule is CN(C)c1ncc(-c2ccc(Cl)cc2)c([C@H]2CCCN(C(=O)Cn3nc(C(F)(F)F)nc3N)C2)n1. The minimum Gasteiger partial charge on any atom is -0.368 e.